The summed E-state index contributed by atoms with van der Waals surface area (Å²) in [5.41, 5.74) is 2.82. The van der Waals surface area contributed by atoms with Gasteiger partial charge in [-0.3, -0.25) is 0 Å². The molecule has 2 nitrogen and oxygen atoms in total. The highest BCUT2D eigenvalue weighted by atomic mass is 16.5. The molecule has 0 fully saturated rings. The molecule has 1 aliphatic rings. The van der Waals surface area contributed by atoms with E-state index in [1.807, 2.05) is 66.7 Å². The van der Waals surface area contributed by atoms with Crippen LogP contribution in [-0.2, 0) is 9.53 Å². The number of carbonyl (C=O) groups excluding carboxylic acids is 1. The van der Waals surface area contributed by atoms with Crippen molar-refractivity contribution in [2.45, 2.75) is 0 Å². The smallest absolute Gasteiger partial charge is 0.336 e. The van der Waals surface area contributed by atoms with Gasteiger partial charge in [0.1, 0.15) is 5.76 Å². The van der Waals surface area contributed by atoms with E-state index < -0.39 is 0 Å². The van der Waals surface area contributed by atoms with Gasteiger partial charge in [-0.05, 0) is 17.2 Å². The third kappa shape index (κ3) is 2.47. The maximum atomic E-state index is 11.5. The minimum Gasteiger partial charge on any atom is -0.423 e. The number of rotatable bonds is 2. The van der Waals surface area contributed by atoms with Crippen LogP contribution in [0.5, 0.6) is 0 Å². The van der Waals surface area contributed by atoms with Gasteiger partial charge in [-0.25, -0.2) is 4.79 Å². The van der Waals surface area contributed by atoms with Crippen LogP contribution in [0.15, 0.2) is 72.5 Å². The normalized spacial score (nSPS) is 16.3. The van der Waals surface area contributed by atoms with Crippen LogP contribution in [0.3, 0.4) is 0 Å². The van der Waals surface area contributed by atoms with Crippen molar-refractivity contribution in [3.63, 3.8) is 0 Å². The van der Waals surface area contributed by atoms with E-state index in [9.17, 15) is 4.79 Å². The lowest BCUT2D eigenvalue weighted by Crippen LogP contribution is -1.91. The first-order chi connectivity index (χ1) is 9.33. The van der Waals surface area contributed by atoms with Crippen molar-refractivity contribution in [2.24, 2.45) is 0 Å². The predicted octanol–water partition coefficient (Wildman–Crippen LogP) is 3.67. The summed E-state index contributed by atoms with van der Waals surface area (Å²) in [5, 5.41) is 0. The van der Waals surface area contributed by atoms with Crippen molar-refractivity contribution in [2.75, 3.05) is 0 Å². The van der Waals surface area contributed by atoms with Gasteiger partial charge < -0.3 is 4.74 Å². The van der Waals surface area contributed by atoms with Crippen molar-refractivity contribution in [3.8, 4) is 0 Å². The molecule has 0 radical (unpaired) electrons. The van der Waals surface area contributed by atoms with Crippen molar-refractivity contribution < 1.29 is 9.53 Å². The van der Waals surface area contributed by atoms with Crippen molar-refractivity contribution in [3.05, 3.63) is 83.6 Å². The standard InChI is InChI=1S/C17H12O2/c18-17-12-15(14-9-5-2-6-10-14)16(19-17)11-13-7-3-1-4-8-13/h1-12H/b16-11-. The zero-order chi connectivity index (χ0) is 13.1. The minimum atomic E-state index is -0.318. The van der Waals surface area contributed by atoms with E-state index >= 15 is 0 Å². The Labute approximate surface area is 111 Å². The molecule has 0 saturated heterocycles. The number of carbonyl (C=O) groups is 1. The van der Waals surface area contributed by atoms with Crippen LogP contribution in [0, 0.1) is 0 Å². The molecule has 2 aromatic carbocycles. The number of benzene rings is 2. The molecule has 0 bridgehead atoms. The Hall–Kier alpha value is -2.61. The van der Waals surface area contributed by atoms with Gasteiger partial charge in [-0.1, -0.05) is 60.7 Å². The lowest BCUT2D eigenvalue weighted by Gasteiger charge is -2.04. The van der Waals surface area contributed by atoms with Crippen LogP contribution in [0.25, 0.3) is 11.6 Å². The predicted molar refractivity (Wildman–Crippen MR) is 74.9 cm³/mol. The largest absolute Gasteiger partial charge is 0.423 e. The summed E-state index contributed by atoms with van der Waals surface area (Å²) < 4.78 is 5.26. The van der Waals surface area contributed by atoms with Gasteiger partial charge in [-0.15, -0.1) is 0 Å². The zero-order valence-corrected chi connectivity index (χ0v) is 10.2. The summed E-state index contributed by atoms with van der Waals surface area (Å²) in [6.45, 7) is 0. The van der Waals surface area contributed by atoms with Crippen LogP contribution in [-0.4, -0.2) is 5.97 Å². The number of ether oxygens (including phenoxy) is 1. The molecule has 2 heteroatoms. The molecule has 0 aromatic heterocycles. The van der Waals surface area contributed by atoms with Gasteiger partial charge in [-0.2, -0.15) is 0 Å². The molecule has 0 atom stereocenters. The van der Waals surface area contributed by atoms with E-state index in [1.165, 1.54) is 6.08 Å². The van der Waals surface area contributed by atoms with Crippen molar-refractivity contribution in [1.29, 1.82) is 0 Å². The Morgan fingerprint density at radius 3 is 2.16 bits per heavy atom. The van der Waals surface area contributed by atoms with Crippen LogP contribution < -0.4 is 0 Å². The molecule has 0 amide bonds. The molecular weight excluding hydrogens is 236 g/mol. The maximum absolute atomic E-state index is 11.5. The summed E-state index contributed by atoms with van der Waals surface area (Å²) in [6.07, 6.45) is 3.41. The lowest BCUT2D eigenvalue weighted by atomic mass is 10.0. The summed E-state index contributed by atoms with van der Waals surface area (Å²) in [6, 6.07) is 19.6. The minimum absolute atomic E-state index is 0.318. The summed E-state index contributed by atoms with van der Waals surface area (Å²) >= 11 is 0. The first-order valence-corrected chi connectivity index (χ1v) is 6.09. The van der Waals surface area contributed by atoms with E-state index in [4.69, 9.17) is 4.74 Å². The fraction of sp³-hybridized carbons (Fsp3) is 0. The van der Waals surface area contributed by atoms with Crippen LogP contribution in [0.1, 0.15) is 11.1 Å². The fourth-order valence-electron chi connectivity index (χ4n) is 2.03. The van der Waals surface area contributed by atoms with Gasteiger partial charge in [0.2, 0.25) is 0 Å². The molecular formula is C17H12O2. The number of hydrogen-bond acceptors (Lipinski definition) is 2. The van der Waals surface area contributed by atoms with Crippen molar-refractivity contribution in [1.82, 2.24) is 0 Å². The Morgan fingerprint density at radius 1 is 0.842 bits per heavy atom. The van der Waals surface area contributed by atoms with Crippen molar-refractivity contribution >= 4 is 17.6 Å². The third-order valence-electron chi connectivity index (χ3n) is 2.92. The van der Waals surface area contributed by atoms with E-state index in [0.717, 1.165) is 16.7 Å². The molecule has 0 saturated carbocycles. The molecule has 1 aliphatic heterocycles. The Balaban J connectivity index is 2.01. The van der Waals surface area contributed by atoms with Crippen LogP contribution in [0.4, 0.5) is 0 Å². The van der Waals surface area contributed by atoms with Gasteiger partial charge in [0.15, 0.2) is 0 Å². The average Bonchev–Trinajstić information content (AvgIpc) is 2.82. The second kappa shape index (κ2) is 4.94. The lowest BCUT2D eigenvalue weighted by molar-refractivity contribution is -0.132. The summed E-state index contributed by atoms with van der Waals surface area (Å²) in [5.74, 6) is 0.281. The quantitative estimate of drug-likeness (QED) is 0.758. The first kappa shape index (κ1) is 11.5. The molecule has 0 aliphatic carbocycles. The molecule has 2 aromatic rings. The monoisotopic (exact) mass is 248 g/mol. The molecule has 0 unspecified atom stereocenters. The van der Waals surface area contributed by atoms with E-state index in [2.05, 4.69) is 0 Å². The molecule has 92 valence electrons. The first-order valence-electron chi connectivity index (χ1n) is 6.09. The highest BCUT2D eigenvalue weighted by Gasteiger charge is 2.21. The average molecular weight is 248 g/mol. The van der Waals surface area contributed by atoms with E-state index in [0.29, 0.717) is 5.76 Å². The Morgan fingerprint density at radius 2 is 1.47 bits per heavy atom. The van der Waals surface area contributed by atoms with E-state index in [1.54, 1.807) is 0 Å². The highest BCUT2D eigenvalue weighted by molar-refractivity contribution is 6.03. The SMILES string of the molecule is O=C1C=C(c2ccccc2)/C(=C/c2ccccc2)O1. The molecule has 1 heterocycles. The molecule has 3 rings (SSSR count). The molecule has 19 heavy (non-hydrogen) atoms. The summed E-state index contributed by atoms with van der Waals surface area (Å²) in [7, 11) is 0. The fourth-order valence-corrected chi connectivity index (χ4v) is 2.03. The second-order valence-corrected chi connectivity index (χ2v) is 4.26. The van der Waals surface area contributed by atoms with Gasteiger partial charge in [0, 0.05) is 11.6 Å². The number of esters is 1. The third-order valence-corrected chi connectivity index (χ3v) is 2.92. The Kier molecular flexibility index (Phi) is 2.99. The summed E-state index contributed by atoms with van der Waals surface area (Å²) in [4.78, 5) is 11.5. The Bertz CT molecular complexity index is 652. The van der Waals surface area contributed by atoms with E-state index in [-0.39, 0.29) is 5.97 Å². The highest BCUT2D eigenvalue weighted by Crippen LogP contribution is 2.30. The van der Waals surface area contributed by atoms with Gasteiger partial charge >= 0.3 is 5.97 Å². The maximum Gasteiger partial charge on any atom is 0.336 e. The second-order valence-electron chi connectivity index (χ2n) is 4.26. The van der Waals surface area contributed by atoms with Gasteiger partial charge in [0.25, 0.3) is 0 Å². The molecule has 0 spiro atoms. The number of allylic oxidation sites excluding steroid dienone is 1. The number of hydrogen-bond donors (Lipinski definition) is 0. The molecule has 0 N–H and O–H groups in total. The van der Waals surface area contributed by atoms with Crippen LogP contribution >= 0.6 is 0 Å². The van der Waals surface area contributed by atoms with Gasteiger partial charge in [0.05, 0.1) is 0 Å². The zero-order valence-electron chi connectivity index (χ0n) is 10.2. The number of cyclic esters (lactones) is 1. The van der Waals surface area contributed by atoms with Crippen LogP contribution in [0.2, 0.25) is 0 Å². The topological polar surface area (TPSA) is 26.3 Å².